The Morgan fingerprint density at radius 3 is 1.57 bits per heavy atom. The van der Waals surface area contributed by atoms with Crippen molar-refractivity contribution in [2.45, 2.75) is 16.7 Å². The number of aryl methyl sites for hydroxylation is 2. The van der Waals surface area contributed by atoms with E-state index in [4.69, 9.17) is 23.2 Å². The number of carbonyl (C=O) groups excluding carboxylic acids is 2. The van der Waals surface area contributed by atoms with Crippen LogP contribution in [0.2, 0.25) is 10.0 Å². The molecule has 0 atom stereocenters. The maximum Gasteiger partial charge on any atom is 0.234 e. The van der Waals surface area contributed by atoms with Crippen LogP contribution in [0.25, 0.3) is 0 Å². The average Bonchev–Trinajstić information content (AvgIpc) is 3.47. The lowest BCUT2D eigenvalue weighted by atomic mass is 10.0. The van der Waals surface area contributed by atoms with Crippen LogP contribution in [0.5, 0.6) is 0 Å². The smallest absolute Gasteiger partial charge is 0.234 e. The molecule has 0 unspecified atom stereocenters. The van der Waals surface area contributed by atoms with Crippen LogP contribution in [-0.2, 0) is 30.1 Å². The van der Waals surface area contributed by atoms with Crippen molar-refractivity contribution in [1.29, 1.82) is 0 Å². The largest absolute Gasteiger partial charge is 0.324 e. The Hall–Kier alpha value is -3.20. The summed E-state index contributed by atoms with van der Waals surface area (Å²) in [7, 11) is 3.40. The molecule has 0 aliphatic carbocycles. The van der Waals surface area contributed by atoms with Crippen LogP contribution < -0.4 is 10.6 Å². The van der Waals surface area contributed by atoms with Gasteiger partial charge >= 0.3 is 0 Å². The Morgan fingerprint density at radius 1 is 0.784 bits per heavy atom. The number of tetrazole rings is 2. The van der Waals surface area contributed by atoms with Gasteiger partial charge in [0.05, 0.1) is 32.9 Å². The molecule has 2 heterocycles. The predicted octanol–water partition coefficient (Wildman–Crippen LogP) is 3.09. The van der Waals surface area contributed by atoms with Gasteiger partial charge in [0.2, 0.25) is 22.1 Å². The van der Waals surface area contributed by atoms with Crippen molar-refractivity contribution < 1.29 is 9.59 Å². The molecule has 4 rings (SSSR count). The van der Waals surface area contributed by atoms with Crippen molar-refractivity contribution in [3.8, 4) is 0 Å². The third-order valence-electron chi connectivity index (χ3n) is 4.85. The number of nitrogens with one attached hydrogen (secondary N) is 2. The van der Waals surface area contributed by atoms with Gasteiger partial charge in [0.25, 0.3) is 0 Å². The monoisotopic (exact) mass is 578 g/mol. The molecule has 2 aromatic carbocycles. The minimum absolute atomic E-state index is 0.143. The van der Waals surface area contributed by atoms with E-state index in [1.165, 1.54) is 32.9 Å². The molecule has 2 aromatic heterocycles. The fourth-order valence-corrected chi connectivity index (χ4v) is 4.90. The van der Waals surface area contributed by atoms with Crippen molar-refractivity contribution in [3.63, 3.8) is 0 Å². The lowest BCUT2D eigenvalue weighted by molar-refractivity contribution is -0.114. The van der Waals surface area contributed by atoms with Crippen LogP contribution in [0.3, 0.4) is 0 Å². The number of benzene rings is 2. The molecule has 0 bridgehead atoms. The first-order valence-electron chi connectivity index (χ1n) is 10.7. The third kappa shape index (κ3) is 7.41. The van der Waals surface area contributed by atoms with E-state index < -0.39 is 0 Å². The van der Waals surface area contributed by atoms with E-state index in [2.05, 4.69) is 41.7 Å². The molecule has 2 amide bonds. The zero-order valence-corrected chi connectivity index (χ0v) is 22.7. The van der Waals surface area contributed by atoms with Gasteiger partial charge in [-0.2, -0.15) is 0 Å². The minimum atomic E-state index is -0.223. The zero-order chi connectivity index (χ0) is 26.4. The maximum absolute atomic E-state index is 12.3. The Bertz CT molecular complexity index is 1320. The number of halogens is 2. The van der Waals surface area contributed by atoms with Crippen molar-refractivity contribution in [2.75, 3.05) is 22.1 Å². The van der Waals surface area contributed by atoms with Gasteiger partial charge in [-0.05, 0) is 62.7 Å². The Labute approximate surface area is 229 Å². The fraction of sp³-hybridized carbons (Fsp3) is 0.238. The highest BCUT2D eigenvalue weighted by atomic mass is 35.5. The van der Waals surface area contributed by atoms with Crippen molar-refractivity contribution >= 4 is 69.9 Å². The van der Waals surface area contributed by atoms with E-state index in [0.717, 1.165) is 11.1 Å². The molecule has 0 aliphatic heterocycles. The van der Waals surface area contributed by atoms with Crippen LogP contribution >= 0.6 is 46.7 Å². The van der Waals surface area contributed by atoms with Crippen molar-refractivity contribution in [1.82, 2.24) is 40.4 Å². The summed E-state index contributed by atoms with van der Waals surface area (Å²) in [6, 6.07) is 10.8. The summed E-state index contributed by atoms with van der Waals surface area (Å²) in [5, 5.41) is 29.7. The molecule has 12 nitrogen and oxygen atoms in total. The molecular formula is C21H20Cl2N10O2S2. The minimum Gasteiger partial charge on any atom is -0.324 e. The van der Waals surface area contributed by atoms with Gasteiger partial charge in [-0.3, -0.25) is 9.59 Å². The van der Waals surface area contributed by atoms with Gasteiger partial charge < -0.3 is 10.6 Å². The van der Waals surface area contributed by atoms with E-state index in [9.17, 15) is 9.59 Å². The van der Waals surface area contributed by atoms with Gasteiger partial charge in [0.1, 0.15) is 0 Å². The lowest BCUT2D eigenvalue weighted by Crippen LogP contribution is -2.15. The number of hydrogen-bond donors (Lipinski definition) is 2. The molecule has 4 aromatic rings. The zero-order valence-electron chi connectivity index (χ0n) is 19.6. The number of thioether (sulfide) groups is 2. The standard InChI is InChI=1S/C21H20Cl2N10O2S2/c1-32-20(26-28-30-32)36-10-18(34)24-16-5-3-12(8-14(16)22)7-13-4-6-17(15(23)9-13)25-19(35)11-37-21-27-29-31-33(21)2/h3-6,8-9H,7,10-11H2,1-2H3,(H,24,34)(H,25,35). The SMILES string of the molecule is Cn1nnnc1SCC(=O)Nc1ccc(Cc2ccc(NC(=O)CSc3nnnn3C)c(Cl)c2)cc1Cl. The average molecular weight is 579 g/mol. The molecule has 0 saturated carbocycles. The maximum atomic E-state index is 12.3. The first-order chi connectivity index (χ1) is 17.8. The number of aromatic nitrogens is 8. The molecule has 2 N–H and O–H groups in total. The predicted molar refractivity (Wildman–Crippen MR) is 142 cm³/mol. The quantitative estimate of drug-likeness (QED) is 0.269. The number of nitrogens with zero attached hydrogens (tertiary/aromatic N) is 8. The molecule has 192 valence electrons. The van der Waals surface area contributed by atoms with Crippen molar-refractivity contribution in [2.24, 2.45) is 14.1 Å². The molecule has 0 fully saturated rings. The third-order valence-corrected chi connectivity index (χ3v) is 7.50. The van der Waals surface area contributed by atoms with Crippen molar-refractivity contribution in [3.05, 3.63) is 57.6 Å². The molecule has 16 heteroatoms. The highest BCUT2D eigenvalue weighted by molar-refractivity contribution is 8.00. The van der Waals surface area contributed by atoms with E-state index in [1.807, 2.05) is 12.1 Å². The lowest BCUT2D eigenvalue weighted by Gasteiger charge is -2.11. The summed E-state index contributed by atoms with van der Waals surface area (Å²) >= 11 is 15.3. The molecule has 0 saturated heterocycles. The summed E-state index contributed by atoms with van der Waals surface area (Å²) in [6.07, 6.45) is 0.561. The number of amides is 2. The van der Waals surface area contributed by atoms with E-state index in [-0.39, 0.29) is 23.3 Å². The van der Waals surface area contributed by atoms with E-state index in [0.29, 0.717) is 38.2 Å². The highest BCUT2D eigenvalue weighted by Gasteiger charge is 2.12. The number of rotatable bonds is 10. The topological polar surface area (TPSA) is 145 Å². The van der Waals surface area contributed by atoms with E-state index in [1.54, 1.807) is 38.4 Å². The van der Waals surface area contributed by atoms with Crippen LogP contribution in [0.1, 0.15) is 11.1 Å². The summed E-state index contributed by atoms with van der Waals surface area (Å²) in [5.41, 5.74) is 2.89. The van der Waals surface area contributed by atoms with Crippen LogP contribution in [-0.4, -0.2) is 63.7 Å². The second-order valence-corrected chi connectivity index (χ2v) is 10.3. The first kappa shape index (κ1) is 26.9. The Morgan fingerprint density at radius 2 is 1.22 bits per heavy atom. The Kier molecular flexibility index (Phi) is 8.97. The fourth-order valence-electron chi connectivity index (χ4n) is 3.10. The molecular weight excluding hydrogens is 559 g/mol. The highest BCUT2D eigenvalue weighted by Crippen LogP contribution is 2.28. The summed E-state index contributed by atoms with van der Waals surface area (Å²) < 4.78 is 2.98. The number of carbonyl (C=O) groups is 2. The van der Waals surface area contributed by atoms with Crippen LogP contribution in [0, 0.1) is 0 Å². The molecule has 0 radical (unpaired) electrons. The van der Waals surface area contributed by atoms with Gasteiger partial charge in [0, 0.05) is 14.1 Å². The second kappa shape index (κ2) is 12.4. The van der Waals surface area contributed by atoms with Gasteiger partial charge in [-0.15, -0.1) is 10.2 Å². The summed E-state index contributed by atoms with van der Waals surface area (Å²) in [4.78, 5) is 24.6. The Balaban J connectivity index is 1.30. The number of hydrogen-bond acceptors (Lipinski definition) is 10. The molecule has 0 spiro atoms. The summed E-state index contributed by atoms with van der Waals surface area (Å²) in [5.74, 6) is -0.162. The normalized spacial score (nSPS) is 10.9. The van der Waals surface area contributed by atoms with Gasteiger partial charge in [-0.1, -0.05) is 58.9 Å². The van der Waals surface area contributed by atoms with E-state index >= 15 is 0 Å². The first-order valence-corrected chi connectivity index (χ1v) is 13.4. The van der Waals surface area contributed by atoms with Gasteiger partial charge in [-0.25, -0.2) is 9.36 Å². The van der Waals surface area contributed by atoms with Crippen LogP contribution in [0.15, 0.2) is 46.7 Å². The molecule has 0 aliphatic rings. The second-order valence-electron chi connectivity index (χ2n) is 7.65. The summed E-state index contributed by atoms with van der Waals surface area (Å²) in [6.45, 7) is 0. The molecule has 37 heavy (non-hydrogen) atoms. The van der Waals surface area contributed by atoms with Crippen LogP contribution in [0.4, 0.5) is 11.4 Å². The number of anilines is 2. The van der Waals surface area contributed by atoms with Gasteiger partial charge in [0.15, 0.2) is 0 Å².